The van der Waals surface area contributed by atoms with Crippen LogP contribution in [-0.2, 0) is 11.2 Å². The Morgan fingerprint density at radius 2 is 2.00 bits per heavy atom. The fourth-order valence-electron chi connectivity index (χ4n) is 3.06. The number of nitrogens with one attached hydrogen (secondary N) is 1. The molecular formula is C17H31Cl2N3OS. The molecule has 0 spiro atoms. The molecule has 1 aliphatic carbocycles. The third kappa shape index (κ3) is 7.68. The molecule has 7 heteroatoms. The summed E-state index contributed by atoms with van der Waals surface area (Å²) in [6.07, 6.45) is 8.14. The average molecular weight is 396 g/mol. The number of carbonyl (C=O) groups excluding carboxylic acids is 1. The van der Waals surface area contributed by atoms with Gasteiger partial charge in [0, 0.05) is 24.3 Å². The van der Waals surface area contributed by atoms with Gasteiger partial charge in [0.05, 0.1) is 16.7 Å². The molecule has 1 aromatic heterocycles. The normalized spacial score (nSPS) is 16.2. The van der Waals surface area contributed by atoms with E-state index in [4.69, 9.17) is 10.7 Å². The SMILES string of the molecule is CC(C)C[C@H](N)C(=O)NCCc1nc(C2CCCCC2)cs1.Cl.Cl. The van der Waals surface area contributed by atoms with Gasteiger partial charge in [-0.15, -0.1) is 36.2 Å². The van der Waals surface area contributed by atoms with E-state index in [1.807, 2.05) is 0 Å². The van der Waals surface area contributed by atoms with Crippen LogP contribution in [0.25, 0.3) is 0 Å². The van der Waals surface area contributed by atoms with Crippen LogP contribution in [0.2, 0.25) is 0 Å². The summed E-state index contributed by atoms with van der Waals surface area (Å²) >= 11 is 1.72. The van der Waals surface area contributed by atoms with Crippen LogP contribution in [0.15, 0.2) is 5.38 Å². The van der Waals surface area contributed by atoms with E-state index in [2.05, 4.69) is 24.5 Å². The van der Waals surface area contributed by atoms with Crippen LogP contribution in [0.3, 0.4) is 0 Å². The van der Waals surface area contributed by atoms with Crippen LogP contribution >= 0.6 is 36.2 Å². The molecule has 0 aromatic carbocycles. The average Bonchev–Trinajstić information content (AvgIpc) is 2.96. The molecule has 3 N–H and O–H groups in total. The zero-order chi connectivity index (χ0) is 15.9. The van der Waals surface area contributed by atoms with Crippen LogP contribution in [0, 0.1) is 5.92 Å². The predicted octanol–water partition coefficient (Wildman–Crippen LogP) is 4.07. The standard InChI is InChI=1S/C17H29N3OS.2ClH/c1-12(2)10-14(18)17(21)19-9-8-16-20-15(11-22-16)13-6-4-3-5-7-13;;/h11-14H,3-10,18H2,1-2H3,(H,19,21);2*1H/t14-;;/m0../s1. The first-order valence-electron chi connectivity index (χ1n) is 8.54. The molecule has 1 fully saturated rings. The first-order valence-corrected chi connectivity index (χ1v) is 9.41. The van der Waals surface area contributed by atoms with Crippen molar-refractivity contribution in [3.8, 4) is 0 Å². The Balaban J connectivity index is 0.00000264. The second kappa shape index (κ2) is 12.1. The number of rotatable bonds is 7. The summed E-state index contributed by atoms with van der Waals surface area (Å²) in [6, 6.07) is -0.394. The Hall–Kier alpha value is -0.360. The first-order chi connectivity index (χ1) is 10.6. The lowest BCUT2D eigenvalue weighted by molar-refractivity contribution is -0.122. The van der Waals surface area contributed by atoms with Crippen molar-refractivity contribution in [2.24, 2.45) is 11.7 Å². The number of nitrogens with two attached hydrogens (primary N) is 1. The van der Waals surface area contributed by atoms with Crippen molar-refractivity contribution < 1.29 is 4.79 Å². The number of aromatic nitrogens is 1. The van der Waals surface area contributed by atoms with Gasteiger partial charge >= 0.3 is 0 Å². The highest BCUT2D eigenvalue weighted by Gasteiger charge is 2.18. The maximum Gasteiger partial charge on any atom is 0.236 e. The van der Waals surface area contributed by atoms with Gasteiger partial charge in [-0.1, -0.05) is 33.1 Å². The van der Waals surface area contributed by atoms with Crippen molar-refractivity contribution in [2.75, 3.05) is 6.54 Å². The molecule has 0 unspecified atom stereocenters. The van der Waals surface area contributed by atoms with Gasteiger partial charge in [0.2, 0.25) is 5.91 Å². The van der Waals surface area contributed by atoms with E-state index in [1.54, 1.807) is 11.3 Å². The van der Waals surface area contributed by atoms with E-state index >= 15 is 0 Å². The molecule has 0 aliphatic heterocycles. The molecule has 140 valence electrons. The van der Waals surface area contributed by atoms with Crippen molar-refractivity contribution in [3.05, 3.63) is 16.1 Å². The van der Waals surface area contributed by atoms with Gasteiger partial charge in [-0.3, -0.25) is 4.79 Å². The van der Waals surface area contributed by atoms with E-state index < -0.39 is 6.04 Å². The van der Waals surface area contributed by atoms with Gasteiger partial charge < -0.3 is 11.1 Å². The fraction of sp³-hybridized carbons (Fsp3) is 0.765. The van der Waals surface area contributed by atoms with Crippen LogP contribution in [0.4, 0.5) is 0 Å². The van der Waals surface area contributed by atoms with Crippen molar-refractivity contribution >= 4 is 42.1 Å². The monoisotopic (exact) mass is 395 g/mol. The summed E-state index contributed by atoms with van der Waals surface area (Å²) in [5.41, 5.74) is 7.14. The minimum Gasteiger partial charge on any atom is -0.354 e. The maximum atomic E-state index is 11.9. The molecule has 1 heterocycles. The Bertz CT molecular complexity index is 476. The molecule has 1 amide bonds. The third-order valence-electron chi connectivity index (χ3n) is 4.29. The van der Waals surface area contributed by atoms with Crippen LogP contribution < -0.4 is 11.1 Å². The second-order valence-corrected chi connectivity index (χ2v) is 7.72. The number of hydrogen-bond donors (Lipinski definition) is 2. The quantitative estimate of drug-likeness (QED) is 0.730. The number of halogens is 2. The zero-order valence-electron chi connectivity index (χ0n) is 14.6. The highest BCUT2D eigenvalue weighted by atomic mass is 35.5. The van der Waals surface area contributed by atoms with E-state index in [-0.39, 0.29) is 30.7 Å². The van der Waals surface area contributed by atoms with Crippen molar-refractivity contribution in [3.63, 3.8) is 0 Å². The van der Waals surface area contributed by atoms with E-state index in [9.17, 15) is 4.79 Å². The third-order valence-corrected chi connectivity index (χ3v) is 5.22. The zero-order valence-corrected chi connectivity index (χ0v) is 17.1. The lowest BCUT2D eigenvalue weighted by Gasteiger charge is -2.19. The van der Waals surface area contributed by atoms with Gasteiger partial charge in [-0.25, -0.2) is 4.98 Å². The number of hydrogen-bond acceptors (Lipinski definition) is 4. The lowest BCUT2D eigenvalue weighted by Crippen LogP contribution is -2.42. The van der Waals surface area contributed by atoms with Gasteiger partial charge in [-0.2, -0.15) is 0 Å². The van der Waals surface area contributed by atoms with Crippen molar-refractivity contribution in [1.82, 2.24) is 10.3 Å². The topological polar surface area (TPSA) is 68.0 Å². The Morgan fingerprint density at radius 1 is 1.33 bits per heavy atom. The highest BCUT2D eigenvalue weighted by Crippen LogP contribution is 2.33. The molecule has 24 heavy (non-hydrogen) atoms. The van der Waals surface area contributed by atoms with Crippen molar-refractivity contribution in [1.29, 1.82) is 0 Å². The van der Waals surface area contributed by atoms with Crippen LogP contribution in [0.5, 0.6) is 0 Å². The molecule has 4 nitrogen and oxygen atoms in total. The molecule has 2 rings (SSSR count). The number of nitrogens with zero attached hydrogens (tertiary/aromatic N) is 1. The number of amides is 1. The molecule has 1 aromatic rings. The molecule has 1 saturated carbocycles. The van der Waals surface area contributed by atoms with E-state index in [1.165, 1.54) is 37.8 Å². The van der Waals surface area contributed by atoms with Crippen LogP contribution in [0.1, 0.15) is 69.0 Å². The van der Waals surface area contributed by atoms with Gasteiger partial charge in [-0.05, 0) is 25.2 Å². The van der Waals surface area contributed by atoms with Gasteiger partial charge in [0.15, 0.2) is 0 Å². The minimum atomic E-state index is -0.394. The summed E-state index contributed by atoms with van der Waals surface area (Å²) in [5.74, 6) is 1.06. The summed E-state index contributed by atoms with van der Waals surface area (Å²) in [5, 5.41) is 6.26. The second-order valence-electron chi connectivity index (χ2n) is 6.78. The fourth-order valence-corrected chi connectivity index (χ4v) is 3.94. The first kappa shape index (κ1) is 23.6. The molecule has 0 saturated heterocycles. The largest absolute Gasteiger partial charge is 0.354 e. The van der Waals surface area contributed by atoms with E-state index in [0.717, 1.165) is 17.8 Å². The minimum absolute atomic E-state index is 0. The molecule has 0 radical (unpaired) electrons. The summed E-state index contributed by atoms with van der Waals surface area (Å²) in [6.45, 7) is 4.78. The Kier molecular flexibility index (Phi) is 11.9. The number of thiazole rings is 1. The summed E-state index contributed by atoms with van der Waals surface area (Å²) in [7, 11) is 0. The van der Waals surface area contributed by atoms with Crippen molar-refractivity contribution in [2.45, 2.75) is 70.8 Å². The molecule has 1 aliphatic rings. The van der Waals surface area contributed by atoms with Gasteiger partial charge in [0.25, 0.3) is 0 Å². The lowest BCUT2D eigenvalue weighted by atomic mass is 9.87. The molecule has 0 bridgehead atoms. The summed E-state index contributed by atoms with van der Waals surface area (Å²) in [4.78, 5) is 16.6. The van der Waals surface area contributed by atoms with Gasteiger partial charge in [0.1, 0.15) is 0 Å². The van der Waals surface area contributed by atoms with Crippen LogP contribution in [-0.4, -0.2) is 23.5 Å². The number of carbonyl (C=O) groups is 1. The highest BCUT2D eigenvalue weighted by molar-refractivity contribution is 7.09. The van der Waals surface area contributed by atoms with E-state index in [0.29, 0.717) is 18.4 Å². The Morgan fingerprint density at radius 3 is 2.62 bits per heavy atom. The smallest absolute Gasteiger partial charge is 0.236 e. The molecule has 1 atom stereocenters. The molecular weight excluding hydrogens is 365 g/mol. The maximum absolute atomic E-state index is 11.9. The Labute approximate surface area is 162 Å². The summed E-state index contributed by atoms with van der Waals surface area (Å²) < 4.78 is 0. The predicted molar refractivity (Wildman–Crippen MR) is 107 cm³/mol.